The van der Waals surface area contributed by atoms with Crippen LogP contribution in [0, 0.1) is 0 Å². The molecule has 0 aliphatic rings. The molecule has 0 heterocycles. The minimum Gasteiger partial charge on any atom is -0.468 e. The first-order valence-electron chi connectivity index (χ1n) is 12.2. The van der Waals surface area contributed by atoms with Crippen molar-refractivity contribution in [2.45, 2.75) is 12.5 Å². The van der Waals surface area contributed by atoms with Crippen LogP contribution in [0.3, 0.4) is 0 Å². The SMILES string of the molecule is COC(=O)CN(CCN(CC(=O)OC)CC(=O)OC)CCN(CC(=O)OC)C(Cc1ccccc1)C(=O)OC. The molecule has 13 heteroatoms. The van der Waals surface area contributed by atoms with Crippen molar-refractivity contribution in [3.8, 4) is 0 Å². The lowest BCUT2D eigenvalue weighted by molar-refractivity contribution is -0.151. The smallest absolute Gasteiger partial charge is 0.323 e. The van der Waals surface area contributed by atoms with E-state index in [1.54, 1.807) is 9.80 Å². The summed E-state index contributed by atoms with van der Waals surface area (Å²) in [6, 6.07) is 8.49. The molecular formula is C26H39N3O10. The minimum absolute atomic E-state index is 0.103. The number of benzene rings is 1. The van der Waals surface area contributed by atoms with Gasteiger partial charge in [-0.05, 0) is 12.0 Å². The highest BCUT2D eigenvalue weighted by Gasteiger charge is 2.30. The molecule has 0 amide bonds. The van der Waals surface area contributed by atoms with Gasteiger partial charge in [-0.2, -0.15) is 0 Å². The Morgan fingerprint density at radius 3 is 1.51 bits per heavy atom. The third-order valence-corrected chi connectivity index (χ3v) is 5.92. The molecule has 13 nitrogen and oxygen atoms in total. The van der Waals surface area contributed by atoms with Gasteiger partial charge in [-0.25, -0.2) is 0 Å². The lowest BCUT2D eigenvalue weighted by atomic mass is 10.0. The minimum atomic E-state index is -0.799. The van der Waals surface area contributed by atoms with Crippen molar-refractivity contribution < 1.29 is 47.7 Å². The Morgan fingerprint density at radius 2 is 1.03 bits per heavy atom. The standard InChI is InChI=1S/C26H39N3O10/c1-35-22(30)16-27(11-12-28(17-23(31)36-2)18-24(32)37-3)13-14-29(19-25(33)38-4)21(26(34)39-5)15-20-9-7-6-8-10-20/h6-10,21H,11-19H2,1-5H3. The number of hydrogen-bond acceptors (Lipinski definition) is 13. The van der Waals surface area contributed by atoms with Gasteiger partial charge in [0.2, 0.25) is 0 Å². The summed E-state index contributed by atoms with van der Waals surface area (Å²) in [5.74, 6) is -2.65. The molecule has 1 aromatic carbocycles. The van der Waals surface area contributed by atoms with Crippen LogP contribution in [0.2, 0.25) is 0 Å². The van der Waals surface area contributed by atoms with Crippen LogP contribution in [0.25, 0.3) is 0 Å². The van der Waals surface area contributed by atoms with E-state index < -0.39 is 35.9 Å². The lowest BCUT2D eigenvalue weighted by Crippen LogP contribution is -2.50. The van der Waals surface area contributed by atoms with Crippen molar-refractivity contribution in [1.82, 2.24) is 14.7 Å². The van der Waals surface area contributed by atoms with Gasteiger partial charge >= 0.3 is 29.8 Å². The molecule has 0 aliphatic carbocycles. The summed E-state index contributed by atoms with van der Waals surface area (Å²) in [6.07, 6.45) is 0.285. The highest BCUT2D eigenvalue weighted by Crippen LogP contribution is 2.12. The molecule has 0 fully saturated rings. The topological polar surface area (TPSA) is 141 Å². The zero-order chi connectivity index (χ0) is 29.2. The maximum atomic E-state index is 12.8. The quantitative estimate of drug-likeness (QED) is 0.168. The molecule has 1 atom stereocenters. The Bertz CT molecular complexity index is 910. The van der Waals surface area contributed by atoms with Gasteiger partial charge < -0.3 is 23.7 Å². The van der Waals surface area contributed by atoms with E-state index in [4.69, 9.17) is 23.7 Å². The predicted octanol–water partition coefficient (Wildman–Crippen LogP) is -0.631. The molecule has 1 rings (SSSR count). The number of methoxy groups -OCH3 is 5. The van der Waals surface area contributed by atoms with E-state index in [1.165, 1.54) is 40.4 Å². The largest absolute Gasteiger partial charge is 0.468 e. The van der Waals surface area contributed by atoms with Crippen LogP contribution in [0.5, 0.6) is 0 Å². The van der Waals surface area contributed by atoms with Crippen LogP contribution in [0.1, 0.15) is 5.56 Å². The van der Waals surface area contributed by atoms with Crippen LogP contribution in [-0.2, 0) is 54.1 Å². The van der Waals surface area contributed by atoms with E-state index in [9.17, 15) is 24.0 Å². The first kappa shape index (κ1) is 33.5. The Hall–Kier alpha value is -3.55. The molecule has 0 aromatic heterocycles. The second-order valence-electron chi connectivity index (χ2n) is 8.49. The average Bonchev–Trinajstić information content (AvgIpc) is 2.95. The molecule has 0 N–H and O–H groups in total. The monoisotopic (exact) mass is 553 g/mol. The second-order valence-corrected chi connectivity index (χ2v) is 8.49. The molecule has 0 saturated carbocycles. The molecule has 1 unspecified atom stereocenters. The summed E-state index contributed by atoms with van der Waals surface area (Å²) in [6.45, 7) is 0.270. The van der Waals surface area contributed by atoms with Gasteiger partial charge in [0, 0.05) is 26.2 Å². The number of rotatable bonds is 18. The fraction of sp³-hybridized carbons (Fsp3) is 0.577. The molecule has 0 spiro atoms. The molecule has 0 radical (unpaired) electrons. The maximum absolute atomic E-state index is 12.8. The molecular weight excluding hydrogens is 514 g/mol. The van der Waals surface area contributed by atoms with E-state index in [0.717, 1.165) is 5.56 Å². The summed E-state index contributed by atoms with van der Waals surface area (Å²) < 4.78 is 24.1. The fourth-order valence-electron chi connectivity index (χ4n) is 3.69. The Morgan fingerprint density at radius 1 is 0.590 bits per heavy atom. The fourth-order valence-corrected chi connectivity index (χ4v) is 3.69. The highest BCUT2D eigenvalue weighted by molar-refractivity contribution is 5.78. The van der Waals surface area contributed by atoms with Crippen LogP contribution in [0.4, 0.5) is 0 Å². The van der Waals surface area contributed by atoms with E-state index in [1.807, 2.05) is 30.3 Å². The van der Waals surface area contributed by atoms with E-state index in [0.29, 0.717) is 0 Å². The third kappa shape index (κ3) is 13.2. The lowest BCUT2D eigenvalue weighted by Gasteiger charge is -2.32. The van der Waals surface area contributed by atoms with E-state index in [-0.39, 0.29) is 58.8 Å². The predicted molar refractivity (Wildman–Crippen MR) is 138 cm³/mol. The Balaban J connectivity index is 3.11. The first-order valence-corrected chi connectivity index (χ1v) is 12.2. The zero-order valence-corrected chi connectivity index (χ0v) is 23.3. The summed E-state index contributed by atoms with van der Waals surface area (Å²) in [5, 5.41) is 0. The number of carbonyl (C=O) groups is 5. The number of ether oxygens (including phenoxy) is 5. The number of nitrogens with zero attached hydrogens (tertiary/aromatic N) is 3. The zero-order valence-electron chi connectivity index (χ0n) is 23.3. The molecule has 39 heavy (non-hydrogen) atoms. The van der Waals surface area contributed by atoms with Crippen molar-refractivity contribution in [2.75, 3.05) is 87.9 Å². The second kappa shape index (κ2) is 18.7. The van der Waals surface area contributed by atoms with Gasteiger partial charge in [0.05, 0.1) is 61.7 Å². The van der Waals surface area contributed by atoms with Gasteiger partial charge in [0.1, 0.15) is 6.04 Å². The van der Waals surface area contributed by atoms with Crippen LogP contribution in [-0.4, -0.2) is 138 Å². The molecule has 0 saturated heterocycles. The molecule has 0 bridgehead atoms. The van der Waals surface area contributed by atoms with E-state index in [2.05, 4.69) is 0 Å². The Kier molecular flexibility index (Phi) is 16.0. The van der Waals surface area contributed by atoms with Crippen LogP contribution in [0.15, 0.2) is 30.3 Å². The van der Waals surface area contributed by atoms with Crippen molar-refractivity contribution in [1.29, 1.82) is 0 Å². The number of esters is 5. The molecule has 218 valence electrons. The highest BCUT2D eigenvalue weighted by atomic mass is 16.5. The molecule has 0 aliphatic heterocycles. The van der Waals surface area contributed by atoms with Crippen molar-refractivity contribution >= 4 is 29.8 Å². The normalized spacial score (nSPS) is 11.7. The van der Waals surface area contributed by atoms with Gasteiger partial charge in [0.15, 0.2) is 0 Å². The summed E-state index contributed by atoms with van der Waals surface area (Å²) in [7, 11) is 6.28. The van der Waals surface area contributed by atoms with Gasteiger partial charge in [-0.15, -0.1) is 0 Å². The Labute approximate surface area is 228 Å². The summed E-state index contributed by atoms with van der Waals surface area (Å²) >= 11 is 0. The average molecular weight is 554 g/mol. The van der Waals surface area contributed by atoms with Gasteiger partial charge in [-0.1, -0.05) is 30.3 Å². The maximum Gasteiger partial charge on any atom is 0.323 e. The molecule has 1 aromatic rings. The van der Waals surface area contributed by atoms with E-state index >= 15 is 0 Å². The number of carbonyl (C=O) groups excluding carboxylic acids is 5. The van der Waals surface area contributed by atoms with Crippen molar-refractivity contribution in [3.63, 3.8) is 0 Å². The number of hydrogen-bond donors (Lipinski definition) is 0. The van der Waals surface area contributed by atoms with Crippen LogP contribution >= 0.6 is 0 Å². The van der Waals surface area contributed by atoms with Crippen molar-refractivity contribution in [2.24, 2.45) is 0 Å². The summed E-state index contributed by atoms with van der Waals surface area (Å²) in [4.78, 5) is 65.7. The van der Waals surface area contributed by atoms with Gasteiger partial charge in [-0.3, -0.25) is 38.7 Å². The van der Waals surface area contributed by atoms with Crippen molar-refractivity contribution in [3.05, 3.63) is 35.9 Å². The summed E-state index contributed by atoms with van der Waals surface area (Å²) in [5.41, 5.74) is 0.871. The third-order valence-electron chi connectivity index (χ3n) is 5.92. The first-order chi connectivity index (χ1) is 18.7. The van der Waals surface area contributed by atoms with Crippen LogP contribution < -0.4 is 0 Å². The van der Waals surface area contributed by atoms with Gasteiger partial charge in [0.25, 0.3) is 0 Å².